The molecule has 2 rings (SSSR count). The molecular weight excluding hydrogens is 234 g/mol. The van der Waals surface area contributed by atoms with E-state index in [1.165, 1.54) is 0 Å². The van der Waals surface area contributed by atoms with Crippen LogP contribution in [0.3, 0.4) is 0 Å². The van der Waals surface area contributed by atoms with Crippen molar-refractivity contribution < 1.29 is 19.4 Å². The molecule has 5 nitrogen and oxygen atoms in total. The Morgan fingerprint density at radius 3 is 2.67 bits per heavy atom. The van der Waals surface area contributed by atoms with Gasteiger partial charge in [-0.1, -0.05) is 6.42 Å². The minimum atomic E-state index is -0.782. The average Bonchev–Trinajstić information content (AvgIpc) is 2.70. The van der Waals surface area contributed by atoms with Crippen LogP contribution < -0.4 is 5.32 Å². The van der Waals surface area contributed by atoms with Gasteiger partial charge in [0.2, 0.25) is 0 Å². The Hall–Kier alpha value is -0.650. The van der Waals surface area contributed by atoms with Crippen molar-refractivity contribution in [2.75, 3.05) is 33.5 Å². The highest BCUT2D eigenvalue weighted by Crippen LogP contribution is 2.52. The van der Waals surface area contributed by atoms with Crippen LogP contribution in [0.2, 0.25) is 0 Å². The third kappa shape index (κ3) is 2.15. The molecule has 0 aromatic heterocycles. The quantitative estimate of drug-likeness (QED) is 0.720. The van der Waals surface area contributed by atoms with Crippen LogP contribution in [-0.2, 0) is 14.3 Å². The zero-order chi connectivity index (χ0) is 13.1. The summed E-state index contributed by atoms with van der Waals surface area (Å²) in [5.41, 5.74) is -0.917. The number of nitrogens with one attached hydrogen (secondary N) is 1. The fraction of sp³-hybridized carbons (Fsp3) is 0.923. The van der Waals surface area contributed by atoms with Gasteiger partial charge >= 0.3 is 5.97 Å². The summed E-state index contributed by atoms with van der Waals surface area (Å²) >= 11 is 0. The summed E-state index contributed by atoms with van der Waals surface area (Å²) in [6.07, 6.45) is 4.37. The molecule has 0 radical (unpaired) electrons. The van der Waals surface area contributed by atoms with Crippen molar-refractivity contribution in [1.29, 1.82) is 0 Å². The third-order valence-corrected chi connectivity index (χ3v) is 4.66. The van der Waals surface area contributed by atoms with Crippen LogP contribution in [0.15, 0.2) is 0 Å². The molecule has 1 aliphatic carbocycles. The van der Waals surface area contributed by atoms with Crippen molar-refractivity contribution in [3.63, 3.8) is 0 Å². The van der Waals surface area contributed by atoms with E-state index in [0.29, 0.717) is 32.8 Å². The minimum absolute atomic E-state index is 0.134. The van der Waals surface area contributed by atoms with Crippen molar-refractivity contribution in [2.24, 2.45) is 5.41 Å². The molecule has 0 bridgehead atoms. The predicted molar refractivity (Wildman–Crippen MR) is 66.6 cm³/mol. The highest BCUT2D eigenvalue weighted by molar-refractivity contribution is 5.80. The second-order valence-electron chi connectivity index (χ2n) is 5.38. The van der Waals surface area contributed by atoms with E-state index in [9.17, 15) is 9.90 Å². The van der Waals surface area contributed by atoms with Crippen LogP contribution in [-0.4, -0.2) is 50.1 Å². The van der Waals surface area contributed by atoms with Gasteiger partial charge in [-0.25, -0.2) is 0 Å². The molecule has 1 atom stereocenters. The van der Waals surface area contributed by atoms with E-state index < -0.39 is 11.5 Å². The van der Waals surface area contributed by atoms with Crippen molar-refractivity contribution in [3.05, 3.63) is 0 Å². The van der Waals surface area contributed by atoms with Crippen LogP contribution in [0.25, 0.3) is 0 Å². The first kappa shape index (κ1) is 13.8. The summed E-state index contributed by atoms with van der Waals surface area (Å²) in [6, 6.07) is 0. The summed E-state index contributed by atoms with van der Waals surface area (Å²) in [6.45, 7) is 2.50. The van der Waals surface area contributed by atoms with E-state index in [4.69, 9.17) is 9.47 Å². The largest absolute Gasteiger partial charge is 0.480 e. The lowest BCUT2D eigenvalue weighted by atomic mass is 9.66. The number of ether oxygens (including phenoxy) is 2. The first-order valence-electron chi connectivity index (χ1n) is 6.72. The number of carboxylic acid groups (broad SMARTS) is 1. The lowest BCUT2D eigenvalue weighted by molar-refractivity contribution is -0.154. The molecule has 0 aromatic carbocycles. The zero-order valence-corrected chi connectivity index (χ0v) is 11.0. The van der Waals surface area contributed by atoms with Crippen LogP contribution in [0.1, 0.15) is 32.1 Å². The number of methoxy groups -OCH3 is 1. The van der Waals surface area contributed by atoms with Crippen molar-refractivity contribution in [2.45, 2.75) is 37.6 Å². The van der Waals surface area contributed by atoms with E-state index in [-0.39, 0.29) is 5.41 Å². The molecule has 1 saturated carbocycles. The summed E-state index contributed by atoms with van der Waals surface area (Å²) in [5.74, 6) is -0.710. The fourth-order valence-electron chi connectivity index (χ4n) is 3.66. The summed E-state index contributed by atoms with van der Waals surface area (Å²) < 4.78 is 10.4. The Morgan fingerprint density at radius 1 is 1.33 bits per heavy atom. The van der Waals surface area contributed by atoms with Gasteiger partial charge in [0.1, 0.15) is 5.54 Å². The molecule has 1 saturated heterocycles. The second kappa shape index (κ2) is 5.55. The van der Waals surface area contributed by atoms with Gasteiger partial charge in [0, 0.05) is 32.3 Å². The maximum Gasteiger partial charge on any atom is 0.324 e. The minimum Gasteiger partial charge on any atom is -0.480 e. The number of hydrogen-bond acceptors (Lipinski definition) is 4. The Labute approximate surface area is 108 Å². The predicted octanol–water partition coefficient (Wildman–Crippen LogP) is 1.03. The standard InChI is InChI=1S/C13H23NO4/c1-17-10-7-14-13(11(15)16)4-2-3-12(13)5-8-18-9-6-12/h14H,2-10H2,1H3,(H,15,16). The number of aliphatic carboxylic acids is 1. The van der Waals surface area contributed by atoms with Gasteiger partial charge in [0.05, 0.1) is 6.61 Å². The van der Waals surface area contributed by atoms with Crippen molar-refractivity contribution in [1.82, 2.24) is 5.32 Å². The van der Waals surface area contributed by atoms with Crippen LogP contribution in [0, 0.1) is 5.41 Å². The molecule has 0 amide bonds. The Morgan fingerprint density at radius 2 is 2.06 bits per heavy atom. The molecule has 1 unspecified atom stereocenters. The summed E-state index contributed by atoms with van der Waals surface area (Å²) in [4.78, 5) is 11.8. The Bertz CT molecular complexity index is 301. The van der Waals surface area contributed by atoms with E-state index in [1.54, 1.807) is 7.11 Å². The van der Waals surface area contributed by atoms with E-state index >= 15 is 0 Å². The molecule has 1 spiro atoms. The van der Waals surface area contributed by atoms with E-state index in [0.717, 1.165) is 25.7 Å². The molecule has 1 heterocycles. The lowest BCUT2D eigenvalue weighted by Gasteiger charge is -2.46. The van der Waals surface area contributed by atoms with Gasteiger partial charge in [0.25, 0.3) is 0 Å². The highest BCUT2D eigenvalue weighted by atomic mass is 16.5. The van der Waals surface area contributed by atoms with E-state index in [1.807, 2.05) is 0 Å². The summed E-state index contributed by atoms with van der Waals surface area (Å²) in [7, 11) is 1.63. The number of rotatable bonds is 5. The van der Waals surface area contributed by atoms with Gasteiger partial charge in [-0.15, -0.1) is 0 Å². The van der Waals surface area contributed by atoms with Gasteiger partial charge in [-0.2, -0.15) is 0 Å². The number of carbonyl (C=O) groups is 1. The smallest absolute Gasteiger partial charge is 0.324 e. The highest BCUT2D eigenvalue weighted by Gasteiger charge is 2.59. The average molecular weight is 257 g/mol. The van der Waals surface area contributed by atoms with Crippen LogP contribution in [0.4, 0.5) is 0 Å². The normalized spacial score (nSPS) is 30.7. The summed E-state index contributed by atoms with van der Waals surface area (Å²) in [5, 5.41) is 13.0. The maximum atomic E-state index is 11.8. The third-order valence-electron chi connectivity index (χ3n) is 4.66. The monoisotopic (exact) mass is 257 g/mol. The molecule has 18 heavy (non-hydrogen) atoms. The molecule has 2 aliphatic rings. The van der Waals surface area contributed by atoms with Crippen LogP contribution >= 0.6 is 0 Å². The SMILES string of the molecule is COCCNC1(C(=O)O)CCCC12CCOCC2. The van der Waals surface area contributed by atoms with Crippen LogP contribution in [0.5, 0.6) is 0 Å². The van der Waals surface area contributed by atoms with Gasteiger partial charge < -0.3 is 14.6 Å². The first-order chi connectivity index (χ1) is 8.67. The molecule has 5 heteroatoms. The number of carboxylic acids is 1. The van der Waals surface area contributed by atoms with Gasteiger partial charge in [-0.3, -0.25) is 10.1 Å². The molecular formula is C13H23NO4. The lowest BCUT2D eigenvalue weighted by Crippen LogP contribution is -2.62. The van der Waals surface area contributed by atoms with Crippen molar-refractivity contribution in [3.8, 4) is 0 Å². The maximum absolute atomic E-state index is 11.8. The zero-order valence-electron chi connectivity index (χ0n) is 11.0. The fourth-order valence-corrected chi connectivity index (χ4v) is 3.66. The van der Waals surface area contributed by atoms with Crippen molar-refractivity contribution >= 4 is 5.97 Å². The number of hydrogen-bond donors (Lipinski definition) is 2. The van der Waals surface area contributed by atoms with Gasteiger partial charge in [-0.05, 0) is 25.7 Å². The Kier molecular flexibility index (Phi) is 4.25. The van der Waals surface area contributed by atoms with E-state index in [2.05, 4.69) is 5.32 Å². The molecule has 2 fully saturated rings. The molecule has 2 N–H and O–H groups in total. The second-order valence-corrected chi connectivity index (χ2v) is 5.38. The molecule has 0 aromatic rings. The Balaban J connectivity index is 2.18. The molecule has 1 aliphatic heterocycles. The molecule has 104 valence electrons. The first-order valence-corrected chi connectivity index (χ1v) is 6.72. The van der Waals surface area contributed by atoms with Gasteiger partial charge in [0.15, 0.2) is 0 Å². The topological polar surface area (TPSA) is 67.8 Å².